The summed E-state index contributed by atoms with van der Waals surface area (Å²) in [5, 5.41) is 17.6. The first-order valence-corrected chi connectivity index (χ1v) is 3.53. The van der Waals surface area contributed by atoms with Gasteiger partial charge in [-0.15, -0.1) is 0 Å². The molecule has 0 aliphatic heterocycles. The van der Waals surface area contributed by atoms with Crippen LogP contribution in [0.25, 0.3) is 0 Å². The highest BCUT2D eigenvalue weighted by atomic mass is 79.9. The maximum Gasteiger partial charge on any atom is 0.259 e. The van der Waals surface area contributed by atoms with Crippen LogP contribution in [0, 0.1) is 0 Å². The molecule has 1 aromatic heterocycles. The Morgan fingerprint density at radius 1 is 1.50 bits per heavy atom. The molecule has 4 heteroatoms. The number of halogens is 1. The van der Waals surface area contributed by atoms with Crippen LogP contribution in [0.4, 0.5) is 0 Å². The van der Waals surface area contributed by atoms with Crippen molar-refractivity contribution in [2.24, 2.45) is 0 Å². The molecule has 0 unspecified atom stereocenters. The molecule has 0 bridgehead atoms. The molecule has 0 aliphatic rings. The maximum absolute atomic E-state index is 9.02. The molecule has 1 rings (SSSR count). The quantitative estimate of drug-likeness (QED) is 0.516. The summed E-state index contributed by atoms with van der Waals surface area (Å²) in [6.07, 6.45) is 1.46. The zero-order chi connectivity index (χ0) is 7.56. The Morgan fingerprint density at radius 2 is 2.20 bits per heavy atom. The second kappa shape index (κ2) is 2.98. The number of nitrogens with zero attached hydrogens (tertiary/aromatic N) is 1. The van der Waals surface area contributed by atoms with E-state index >= 15 is 0 Å². The van der Waals surface area contributed by atoms with Gasteiger partial charge in [0.15, 0.2) is 0 Å². The summed E-state index contributed by atoms with van der Waals surface area (Å²) in [7, 11) is 0. The minimum atomic E-state index is -0.163. The van der Waals surface area contributed by atoms with Crippen LogP contribution in [0.5, 0.6) is 0 Å². The van der Waals surface area contributed by atoms with Crippen LogP contribution in [0.2, 0.25) is 0 Å². The van der Waals surface area contributed by atoms with Gasteiger partial charge in [-0.1, -0.05) is 0 Å². The van der Waals surface area contributed by atoms with E-state index in [0.717, 1.165) is 9.20 Å². The molecule has 54 valence electrons. The Kier molecular flexibility index (Phi) is 2.24. The minimum Gasteiger partial charge on any atom is -0.385 e. The third-order valence-electron chi connectivity index (χ3n) is 1.14. The minimum absolute atomic E-state index is 0.163. The summed E-state index contributed by atoms with van der Waals surface area (Å²) in [6.45, 7) is -0.163. The molecule has 3 nitrogen and oxygen atoms in total. The van der Waals surface area contributed by atoms with Crippen LogP contribution < -0.4 is 4.73 Å². The number of hydrogen-bond donors (Lipinski definition) is 2. The lowest BCUT2D eigenvalue weighted by atomic mass is 10.4. The topological polar surface area (TPSA) is 44.3 Å². The smallest absolute Gasteiger partial charge is 0.259 e. The highest BCUT2D eigenvalue weighted by Crippen LogP contribution is 2.05. The van der Waals surface area contributed by atoms with Crippen LogP contribution in [-0.4, -0.2) is 10.3 Å². The summed E-state index contributed by atoms with van der Waals surface area (Å²) >= 11 is 3.16. The van der Waals surface area contributed by atoms with Gasteiger partial charge in [0.05, 0.1) is 4.47 Å². The van der Waals surface area contributed by atoms with Gasteiger partial charge in [-0.3, -0.25) is 5.21 Å². The Balaban J connectivity index is 3.07. The highest BCUT2D eigenvalue weighted by molar-refractivity contribution is 9.10. The molecule has 2 N–H and O–H groups in total. The average molecular weight is 205 g/mol. The molecule has 0 radical (unpaired) electrons. The third kappa shape index (κ3) is 1.46. The molecule has 0 saturated carbocycles. The largest absolute Gasteiger partial charge is 0.385 e. The normalized spacial score (nSPS) is 9.80. The van der Waals surface area contributed by atoms with Gasteiger partial charge in [0.1, 0.15) is 6.61 Å². The van der Waals surface area contributed by atoms with Gasteiger partial charge in [0.2, 0.25) is 6.20 Å². The molecule has 0 atom stereocenters. The molecule has 0 aromatic carbocycles. The molecule has 0 spiro atoms. The van der Waals surface area contributed by atoms with Crippen molar-refractivity contribution in [3.05, 3.63) is 28.5 Å². The van der Waals surface area contributed by atoms with Crippen LogP contribution in [0.3, 0.4) is 0 Å². The van der Waals surface area contributed by atoms with Crippen LogP contribution >= 0.6 is 15.9 Å². The molecular weight excluding hydrogens is 198 g/mol. The second-order valence-corrected chi connectivity index (χ2v) is 2.76. The monoisotopic (exact) mass is 204 g/mol. The van der Waals surface area contributed by atoms with Crippen molar-refractivity contribution in [3.8, 4) is 0 Å². The van der Waals surface area contributed by atoms with Gasteiger partial charge in [-0.2, -0.15) is 0 Å². The highest BCUT2D eigenvalue weighted by Gasteiger charge is 2.07. The number of aromatic nitrogens is 1. The number of aliphatic hydroxyl groups is 1. The standard InChI is InChI=1S/C6H7BrNO2/c7-5-1-2-6(4-9)8(10)3-5/h1-3,9-10H,4H2/q+1. The average Bonchev–Trinajstić information content (AvgIpc) is 1.88. The van der Waals surface area contributed by atoms with Gasteiger partial charge >= 0.3 is 0 Å². The molecule has 0 fully saturated rings. The Morgan fingerprint density at radius 3 is 2.70 bits per heavy atom. The molecule has 1 aromatic rings. The SMILES string of the molecule is OCc1ccc(Br)c[n+]1O. The van der Waals surface area contributed by atoms with E-state index in [0.29, 0.717) is 5.69 Å². The summed E-state index contributed by atoms with van der Waals surface area (Å²) < 4.78 is 1.65. The van der Waals surface area contributed by atoms with E-state index < -0.39 is 0 Å². The summed E-state index contributed by atoms with van der Waals surface area (Å²) in [5.41, 5.74) is 0.461. The molecule has 0 saturated heterocycles. The first kappa shape index (κ1) is 7.50. The first-order chi connectivity index (χ1) is 4.74. The van der Waals surface area contributed by atoms with Crippen molar-refractivity contribution >= 4 is 15.9 Å². The number of hydrogen-bond acceptors (Lipinski definition) is 2. The zero-order valence-electron chi connectivity index (χ0n) is 5.16. The fourth-order valence-corrected chi connectivity index (χ4v) is 0.946. The zero-order valence-corrected chi connectivity index (χ0v) is 6.74. The van der Waals surface area contributed by atoms with Gasteiger partial charge in [-0.05, 0) is 22.0 Å². The number of rotatable bonds is 1. The van der Waals surface area contributed by atoms with Crippen molar-refractivity contribution in [2.45, 2.75) is 6.61 Å². The fraction of sp³-hybridized carbons (Fsp3) is 0.167. The maximum atomic E-state index is 9.02. The van der Waals surface area contributed by atoms with E-state index in [2.05, 4.69) is 15.9 Å². The second-order valence-electron chi connectivity index (χ2n) is 1.84. The third-order valence-corrected chi connectivity index (χ3v) is 1.61. The van der Waals surface area contributed by atoms with Gasteiger partial charge < -0.3 is 5.11 Å². The first-order valence-electron chi connectivity index (χ1n) is 2.74. The predicted molar refractivity (Wildman–Crippen MR) is 37.4 cm³/mol. The van der Waals surface area contributed by atoms with Crippen molar-refractivity contribution in [3.63, 3.8) is 0 Å². The number of aliphatic hydroxyl groups excluding tert-OH is 1. The molecule has 1 heterocycles. The van der Waals surface area contributed by atoms with Crippen LogP contribution in [0.1, 0.15) is 5.69 Å². The molecule has 0 aliphatic carbocycles. The van der Waals surface area contributed by atoms with Gasteiger partial charge in [0, 0.05) is 10.8 Å². The van der Waals surface area contributed by atoms with Crippen LogP contribution in [0.15, 0.2) is 22.8 Å². The van der Waals surface area contributed by atoms with Crippen molar-refractivity contribution < 1.29 is 15.0 Å². The summed E-state index contributed by atoms with van der Waals surface area (Å²) in [4.78, 5) is 0. The van der Waals surface area contributed by atoms with Crippen molar-refractivity contribution in [2.75, 3.05) is 0 Å². The van der Waals surface area contributed by atoms with Crippen molar-refractivity contribution in [1.82, 2.24) is 0 Å². The van der Waals surface area contributed by atoms with E-state index in [1.54, 1.807) is 12.1 Å². The van der Waals surface area contributed by atoms with Crippen LogP contribution in [-0.2, 0) is 6.61 Å². The van der Waals surface area contributed by atoms with Crippen molar-refractivity contribution in [1.29, 1.82) is 0 Å². The molecule has 10 heavy (non-hydrogen) atoms. The lowest BCUT2D eigenvalue weighted by molar-refractivity contribution is -0.911. The fourth-order valence-electron chi connectivity index (χ4n) is 0.620. The Hall–Kier alpha value is -0.610. The summed E-state index contributed by atoms with van der Waals surface area (Å²) in [5.74, 6) is 0. The molecule has 0 amide bonds. The number of pyridine rings is 1. The van der Waals surface area contributed by atoms with E-state index in [1.807, 2.05) is 0 Å². The molecular formula is C6H7BrNO2+. The Labute approximate surface area is 66.6 Å². The van der Waals surface area contributed by atoms with E-state index in [9.17, 15) is 0 Å². The van der Waals surface area contributed by atoms with E-state index in [-0.39, 0.29) is 6.61 Å². The lowest BCUT2D eigenvalue weighted by Crippen LogP contribution is -2.34. The van der Waals surface area contributed by atoms with E-state index in [1.165, 1.54) is 6.20 Å². The summed E-state index contributed by atoms with van der Waals surface area (Å²) in [6, 6.07) is 3.38. The predicted octanol–water partition coefficient (Wildman–Crippen LogP) is 0.466. The van der Waals surface area contributed by atoms with E-state index in [4.69, 9.17) is 10.3 Å². The Bertz CT molecular complexity index is 239. The van der Waals surface area contributed by atoms with Gasteiger partial charge in [-0.25, -0.2) is 0 Å². The lowest BCUT2D eigenvalue weighted by Gasteiger charge is -1.90. The van der Waals surface area contributed by atoms with Gasteiger partial charge in [0.25, 0.3) is 5.69 Å².